The van der Waals surface area contributed by atoms with E-state index < -0.39 is 47.5 Å². The number of carbonyl (C=O) groups is 3. The lowest BCUT2D eigenvalue weighted by Gasteiger charge is -2.50. The Hall–Kier alpha value is -3.15. The van der Waals surface area contributed by atoms with E-state index in [4.69, 9.17) is 18.7 Å². The molecule has 12 nitrogen and oxygen atoms in total. The van der Waals surface area contributed by atoms with Crippen LogP contribution in [-0.4, -0.2) is 79.5 Å². The zero-order chi connectivity index (χ0) is 24.9. The van der Waals surface area contributed by atoms with Gasteiger partial charge < -0.3 is 23.6 Å². The molecule has 1 aromatic heterocycles. The Kier molecular flexibility index (Phi) is 4.56. The number of nitrogens with one attached hydrogen (secondary N) is 1. The fourth-order valence-electron chi connectivity index (χ4n) is 6.20. The van der Waals surface area contributed by atoms with Gasteiger partial charge in [0.1, 0.15) is 23.4 Å². The molecule has 1 aromatic carbocycles. The Morgan fingerprint density at radius 2 is 2.19 bits per heavy atom. The molecule has 7 rings (SSSR count). The van der Waals surface area contributed by atoms with Crippen molar-refractivity contribution in [3.8, 4) is 0 Å². The summed E-state index contributed by atoms with van der Waals surface area (Å²) in [4.78, 5) is 45.4. The lowest BCUT2D eigenvalue weighted by atomic mass is 9.70. The van der Waals surface area contributed by atoms with Crippen LogP contribution < -0.4 is 15.1 Å². The third kappa shape index (κ3) is 2.65. The average Bonchev–Trinajstić information content (AvgIpc) is 3.47. The summed E-state index contributed by atoms with van der Waals surface area (Å²) >= 11 is 0. The molecule has 0 bridgehead atoms. The zero-order valence-corrected chi connectivity index (χ0v) is 20.2. The number of cyclic esters (lactones) is 1. The van der Waals surface area contributed by atoms with Crippen LogP contribution in [0.1, 0.15) is 12.5 Å². The summed E-state index contributed by atoms with van der Waals surface area (Å²) in [6, 6.07) is 0.0252. The Morgan fingerprint density at radius 3 is 3.00 bits per heavy atom. The van der Waals surface area contributed by atoms with E-state index in [2.05, 4.69) is 15.5 Å². The van der Waals surface area contributed by atoms with Gasteiger partial charge in [0, 0.05) is 13.7 Å². The largest absolute Gasteiger partial charge is 0.444 e. The zero-order valence-electron chi connectivity index (χ0n) is 19.2. The summed E-state index contributed by atoms with van der Waals surface area (Å²) in [7, 11) is 1.52. The molecular formula is C22H21FN5O7P. The van der Waals surface area contributed by atoms with Gasteiger partial charge in [0.25, 0.3) is 0 Å². The second-order valence-corrected chi connectivity index (χ2v) is 10.8. The number of aromatic nitrogens is 1. The van der Waals surface area contributed by atoms with Crippen molar-refractivity contribution in [2.24, 2.45) is 10.4 Å². The van der Waals surface area contributed by atoms with Gasteiger partial charge in [-0.1, -0.05) is 5.16 Å². The number of morpholine rings is 1. The van der Waals surface area contributed by atoms with E-state index in [0.717, 1.165) is 0 Å². The molecule has 36 heavy (non-hydrogen) atoms. The number of nitrogens with zero attached hydrogens (tertiary/aromatic N) is 4. The maximum atomic E-state index is 16.1. The predicted octanol–water partition coefficient (Wildman–Crippen LogP) is 1.74. The number of rotatable bonds is 3. The predicted molar refractivity (Wildman–Crippen MR) is 124 cm³/mol. The first-order valence-electron chi connectivity index (χ1n) is 11.5. The van der Waals surface area contributed by atoms with Gasteiger partial charge in [0.15, 0.2) is 11.6 Å². The highest BCUT2D eigenvalue weighted by Gasteiger charge is 2.66. The quantitative estimate of drug-likeness (QED) is 0.604. The highest BCUT2D eigenvalue weighted by atomic mass is 31.1. The number of fused-ring (bicyclic) bond motifs is 3. The molecule has 2 unspecified atom stereocenters. The number of hydrogen-bond donors (Lipinski definition) is 1. The number of carbonyl (C=O) groups excluding carboxylic acids is 3. The lowest BCUT2D eigenvalue weighted by molar-refractivity contribution is -0.129. The minimum atomic E-state index is -1.15. The second-order valence-electron chi connectivity index (χ2n) is 9.50. The third-order valence-electron chi connectivity index (χ3n) is 7.72. The van der Waals surface area contributed by atoms with Crippen LogP contribution in [0.4, 0.5) is 25.5 Å². The smallest absolute Gasteiger partial charge is 0.416 e. The van der Waals surface area contributed by atoms with Crippen LogP contribution in [0.2, 0.25) is 0 Å². The van der Waals surface area contributed by atoms with Crippen LogP contribution in [0, 0.1) is 11.2 Å². The van der Waals surface area contributed by atoms with Gasteiger partial charge in [0.2, 0.25) is 11.5 Å². The van der Waals surface area contributed by atoms with Gasteiger partial charge in [-0.05, 0) is 33.6 Å². The Morgan fingerprint density at radius 1 is 1.36 bits per heavy atom. The Labute approximate surface area is 204 Å². The highest BCUT2D eigenvalue weighted by molar-refractivity contribution is 7.60. The van der Waals surface area contributed by atoms with Crippen molar-refractivity contribution >= 4 is 54.5 Å². The molecule has 3 saturated heterocycles. The van der Waals surface area contributed by atoms with Gasteiger partial charge in [-0.2, -0.15) is 4.99 Å². The van der Waals surface area contributed by atoms with Gasteiger partial charge in [-0.3, -0.25) is 10.1 Å². The van der Waals surface area contributed by atoms with E-state index >= 15 is 4.39 Å². The fraction of sp³-hybridized carbons (Fsp3) is 0.500. The Bertz CT molecular complexity index is 1400. The highest BCUT2D eigenvalue weighted by Crippen LogP contribution is 2.59. The molecular weight excluding hydrogens is 496 g/mol. The summed E-state index contributed by atoms with van der Waals surface area (Å²) < 4.78 is 38.2. The van der Waals surface area contributed by atoms with Crippen molar-refractivity contribution in [1.82, 2.24) is 10.5 Å². The number of imide groups is 1. The number of urea groups is 1. The van der Waals surface area contributed by atoms with Crippen LogP contribution in [0.5, 0.6) is 0 Å². The fourth-order valence-corrected chi connectivity index (χ4v) is 8.07. The van der Waals surface area contributed by atoms with Crippen LogP contribution in [0.3, 0.4) is 0 Å². The van der Waals surface area contributed by atoms with Crippen LogP contribution in [0.25, 0.3) is 11.0 Å². The Balaban J connectivity index is 1.42. The third-order valence-corrected chi connectivity index (χ3v) is 9.31. The number of halogens is 1. The van der Waals surface area contributed by atoms with E-state index in [-0.39, 0.29) is 44.2 Å². The van der Waals surface area contributed by atoms with Crippen molar-refractivity contribution < 1.29 is 37.5 Å². The molecule has 4 amide bonds. The molecule has 3 fully saturated rings. The SMILES string of the molecule is COC[C@H]1[C@@H](C)OC(=O)N1c1noc2c(F)c3c(cc12)CC12C(=O)NC(=O)N=C1P[C@@H]1OCCN3[C@H]12. The summed E-state index contributed by atoms with van der Waals surface area (Å²) in [5, 5.41) is 6.67. The van der Waals surface area contributed by atoms with Crippen LogP contribution in [-0.2, 0) is 25.4 Å². The van der Waals surface area contributed by atoms with Crippen LogP contribution >= 0.6 is 8.58 Å². The molecule has 1 N–H and O–H groups in total. The molecule has 6 atom stereocenters. The van der Waals surface area contributed by atoms with Crippen molar-refractivity contribution in [1.29, 1.82) is 0 Å². The normalized spacial score (nSPS) is 33.4. The number of hydrogen-bond acceptors (Lipinski definition) is 9. The van der Waals surface area contributed by atoms with Crippen LogP contribution in [0.15, 0.2) is 15.6 Å². The average molecular weight is 517 g/mol. The summed E-state index contributed by atoms with van der Waals surface area (Å²) in [6.07, 6.45) is -0.990. The number of aliphatic imine (C=N–C) groups is 1. The molecule has 0 saturated carbocycles. The maximum absolute atomic E-state index is 16.1. The van der Waals surface area contributed by atoms with E-state index in [9.17, 15) is 14.4 Å². The summed E-state index contributed by atoms with van der Waals surface area (Å²) in [5.41, 5.74) is 0.0855. The lowest BCUT2D eigenvalue weighted by Crippen LogP contribution is -2.66. The molecule has 2 aromatic rings. The molecule has 1 spiro atoms. The first kappa shape index (κ1) is 22.1. The van der Waals surface area contributed by atoms with E-state index in [0.29, 0.717) is 29.9 Å². The van der Waals surface area contributed by atoms with Gasteiger partial charge >= 0.3 is 12.1 Å². The van der Waals surface area contributed by atoms with Crippen molar-refractivity contribution in [3.63, 3.8) is 0 Å². The molecule has 0 radical (unpaired) electrons. The van der Waals surface area contributed by atoms with E-state index in [1.165, 1.54) is 12.0 Å². The molecule has 5 aliphatic heterocycles. The first-order chi connectivity index (χ1) is 17.3. The molecule has 0 aliphatic carbocycles. The summed E-state index contributed by atoms with van der Waals surface area (Å²) in [6.45, 7) is 2.61. The second kappa shape index (κ2) is 7.44. The number of methoxy groups -OCH3 is 1. The maximum Gasteiger partial charge on any atom is 0.416 e. The topological polar surface area (TPSA) is 136 Å². The number of amides is 4. The van der Waals surface area contributed by atoms with Gasteiger partial charge in [-0.25, -0.2) is 18.9 Å². The van der Waals surface area contributed by atoms with Crippen molar-refractivity contribution in [2.75, 3.05) is 36.7 Å². The minimum absolute atomic E-state index is 0.00982. The number of benzene rings is 1. The number of anilines is 2. The van der Waals surface area contributed by atoms with E-state index in [1.54, 1.807) is 13.0 Å². The minimum Gasteiger partial charge on any atom is -0.444 e. The van der Waals surface area contributed by atoms with E-state index in [1.807, 2.05) is 4.90 Å². The molecule has 6 heterocycles. The van der Waals surface area contributed by atoms with Gasteiger partial charge in [0.05, 0.1) is 35.8 Å². The first-order valence-corrected chi connectivity index (χ1v) is 12.6. The van der Waals surface area contributed by atoms with Gasteiger partial charge in [-0.15, -0.1) is 0 Å². The monoisotopic (exact) mass is 517 g/mol. The van der Waals surface area contributed by atoms with Crippen molar-refractivity contribution in [2.45, 2.75) is 37.4 Å². The molecule has 14 heteroatoms. The molecule has 5 aliphatic rings. The summed E-state index contributed by atoms with van der Waals surface area (Å²) in [5.74, 6) is -1.34. The number of ether oxygens (including phenoxy) is 3. The standard InChI is InChI=1S/C22H21FN5O7P/c1-8-11(7-32-2)28(21(31)34-8)16-10-5-9-6-22-15-17(36-19(22)25-20(30)24-18(22)29)33-4-3-27(15)13(9)12(23)14(10)35-26-16/h5,8,11,15,17,36H,3-4,6-7H2,1-2H3,(H,24,29,30)/t8-,11+,15-,17+,22?/m1/s1. The molecule has 188 valence electrons. The van der Waals surface area contributed by atoms with Crippen molar-refractivity contribution in [3.05, 3.63) is 17.4 Å².